The monoisotopic (exact) mass is 228 g/mol. The second-order valence-corrected chi connectivity index (χ2v) is 4.80. The molecule has 3 rings (SSSR count). The van der Waals surface area contributed by atoms with Crippen LogP contribution in [0.5, 0.6) is 5.75 Å². The van der Waals surface area contributed by atoms with Crippen LogP contribution in [0.1, 0.15) is 18.4 Å². The fraction of sp³-hybridized carbons (Fsp3) is 0.333. The van der Waals surface area contributed by atoms with Gasteiger partial charge in [0.1, 0.15) is 5.75 Å². The van der Waals surface area contributed by atoms with E-state index in [4.69, 9.17) is 4.74 Å². The standard InChI is InChI=1S/C15H16O2/c1-17-14-7-6-13(15(10-16)8-9-15)11-4-2-3-5-12(11)14/h2-7,16H,8-10H2,1H3. The summed E-state index contributed by atoms with van der Waals surface area (Å²) in [6, 6.07) is 12.4. The molecule has 2 aromatic rings. The Morgan fingerprint density at radius 3 is 2.41 bits per heavy atom. The molecule has 1 N–H and O–H groups in total. The van der Waals surface area contributed by atoms with Crippen LogP contribution in [0.4, 0.5) is 0 Å². The van der Waals surface area contributed by atoms with E-state index >= 15 is 0 Å². The van der Waals surface area contributed by atoms with Crippen molar-refractivity contribution in [1.82, 2.24) is 0 Å². The van der Waals surface area contributed by atoms with Gasteiger partial charge in [-0.15, -0.1) is 0 Å². The van der Waals surface area contributed by atoms with E-state index in [1.54, 1.807) is 7.11 Å². The maximum absolute atomic E-state index is 9.56. The number of fused-ring (bicyclic) bond motifs is 1. The van der Waals surface area contributed by atoms with E-state index in [1.165, 1.54) is 10.9 Å². The number of aliphatic hydroxyl groups excluding tert-OH is 1. The lowest BCUT2D eigenvalue weighted by Gasteiger charge is -2.16. The third-order valence-electron chi connectivity index (χ3n) is 3.83. The summed E-state index contributed by atoms with van der Waals surface area (Å²) >= 11 is 0. The van der Waals surface area contributed by atoms with Gasteiger partial charge in [0.15, 0.2) is 0 Å². The maximum atomic E-state index is 9.56. The Balaban J connectivity index is 2.27. The predicted octanol–water partition coefficient (Wildman–Crippen LogP) is 2.87. The first-order valence-corrected chi connectivity index (χ1v) is 5.98. The molecule has 2 aromatic carbocycles. The molecule has 0 saturated heterocycles. The van der Waals surface area contributed by atoms with Gasteiger partial charge in [-0.1, -0.05) is 30.3 Å². The van der Waals surface area contributed by atoms with E-state index in [9.17, 15) is 5.11 Å². The van der Waals surface area contributed by atoms with Crippen molar-refractivity contribution in [2.75, 3.05) is 13.7 Å². The minimum absolute atomic E-state index is 0.00583. The van der Waals surface area contributed by atoms with Crippen molar-refractivity contribution in [2.24, 2.45) is 0 Å². The molecule has 0 heterocycles. The first kappa shape index (κ1) is 10.6. The average Bonchev–Trinajstić information content (AvgIpc) is 3.18. The van der Waals surface area contributed by atoms with Gasteiger partial charge >= 0.3 is 0 Å². The number of ether oxygens (including phenoxy) is 1. The molecule has 1 aliphatic carbocycles. The normalized spacial score (nSPS) is 17.1. The molecule has 0 radical (unpaired) electrons. The van der Waals surface area contributed by atoms with Crippen LogP contribution in [-0.2, 0) is 5.41 Å². The van der Waals surface area contributed by atoms with Crippen LogP contribution in [-0.4, -0.2) is 18.8 Å². The third-order valence-corrected chi connectivity index (χ3v) is 3.83. The lowest BCUT2D eigenvalue weighted by Crippen LogP contribution is -2.12. The van der Waals surface area contributed by atoms with Crippen molar-refractivity contribution in [1.29, 1.82) is 0 Å². The van der Waals surface area contributed by atoms with Gasteiger partial charge in [0.05, 0.1) is 13.7 Å². The molecule has 88 valence electrons. The van der Waals surface area contributed by atoms with Crippen molar-refractivity contribution < 1.29 is 9.84 Å². The third kappa shape index (κ3) is 1.52. The second-order valence-electron chi connectivity index (χ2n) is 4.80. The van der Waals surface area contributed by atoms with Gasteiger partial charge in [0.25, 0.3) is 0 Å². The molecule has 0 unspecified atom stereocenters. The molecule has 2 heteroatoms. The van der Waals surface area contributed by atoms with Crippen LogP contribution >= 0.6 is 0 Å². The summed E-state index contributed by atoms with van der Waals surface area (Å²) in [7, 11) is 1.69. The Morgan fingerprint density at radius 1 is 1.12 bits per heavy atom. The van der Waals surface area contributed by atoms with Gasteiger partial charge in [-0.05, 0) is 29.9 Å². The van der Waals surface area contributed by atoms with Crippen LogP contribution in [0.25, 0.3) is 10.8 Å². The number of methoxy groups -OCH3 is 1. The predicted molar refractivity (Wildman–Crippen MR) is 68.5 cm³/mol. The van der Waals surface area contributed by atoms with Gasteiger partial charge in [0, 0.05) is 10.8 Å². The maximum Gasteiger partial charge on any atom is 0.126 e. The fourth-order valence-corrected chi connectivity index (χ4v) is 2.58. The summed E-state index contributed by atoms with van der Waals surface area (Å²) in [5.74, 6) is 0.901. The molecule has 2 nitrogen and oxygen atoms in total. The number of hydrogen-bond donors (Lipinski definition) is 1. The Hall–Kier alpha value is -1.54. The first-order valence-electron chi connectivity index (χ1n) is 5.98. The summed E-state index contributed by atoms with van der Waals surface area (Å²) in [6.07, 6.45) is 2.17. The van der Waals surface area contributed by atoms with E-state index in [2.05, 4.69) is 18.2 Å². The quantitative estimate of drug-likeness (QED) is 0.875. The van der Waals surface area contributed by atoms with Crippen LogP contribution < -0.4 is 4.74 Å². The summed E-state index contributed by atoms with van der Waals surface area (Å²) in [5, 5.41) is 11.9. The Kier molecular flexibility index (Phi) is 2.33. The van der Waals surface area contributed by atoms with Gasteiger partial charge in [-0.2, -0.15) is 0 Å². The minimum Gasteiger partial charge on any atom is -0.496 e. The second kappa shape index (κ2) is 3.74. The molecular formula is C15H16O2. The molecule has 1 aliphatic rings. The zero-order valence-corrected chi connectivity index (χ0v) is 9.94. The van der Waals surface area contributed by atoms with E-state index < -0.39 is 0 Å². The van der Waals surface area contributed by atoms with Gasteiger partial charge in [-0.25, -0.2) is 0 Å². The zero-order chi connectivity index (χ0) is 11.9. The van der Waals surface area contributed by atoms with Crippen LogP contribution in [0.15, 0.2) is 36.4 Å². The molecule has 0 bridgehead atoms. The van der Waals surface area contributed by atoms with Crippen LogP contribution in [0, 0.1) is 0 Å². The molecule has 17 heavy (non-hydrogen) atoms. The zero-order valence-electron chi connectivity index (χ0n) is 9.94. The average molecular weight is 228 g/mol. The SMILES string of the molecule is COc1ccc(C2(CO)CC2)c2ccccc12. The molecule has 0 atom stereocenters. The van der Waals surface area contributed by atoms with Crippen molar-refractivity contribution in [3.63, 3.8) is 0 Å². The van der Waals surface area contributed by atoms with E-state index in [0.29, 0.717) is 0 Å². The van der Waals surface area contributed by atoms with Crippen molar-refractivity contribution in [3.8, 4) is 5.75 Å². The lowest BCUT2D eigenvalue weighted by atomic mass is 9.91. The van der Waals surface area contributed by atoms with Crippen LogP contribution in [0.3, 0.4) is 0 Å². The highest BCUT2D eigenvalue weighted by Gasteiger charge is 2.44. The van der Waals surface area contributed by atoms with Gasteiger partial charge in [0.2, 0.25) is 0 Å². The van der Waals surface area contributed by atoms with Crippen molar-refractivity contribution >= 4 is 10.8 Å². The number of benzene rings is 2. The van der Waals surface area contributed by atoms with Gasteiger partial charge in [-0.3, -0.25) is 0 Å². The highest BCUT2D eigenvalue weighted by molar-refractivity contribution is 5.92. The highest BCUT2D eigenvalue weighted by Crippen LogP contribution is 2.50. The van der Waals surface area contributed by atoms with E-state index in [-0.39, 0.29) is 12.0 Å². The summed E-state index contributed by atoms with van der Waals surface area (Å²) in [6.45, 7) is 0.239. The van der Waals surface area contributed by atoms with E-state index in [0.717, 1.165) is 24.0 Å². The molecular weight excluding hydrogens is 212 g/mol. The van der Waals surface area contributed by atoms with Crippen molar-refractivity contribution in [3.05, 3.63) is 42.0 Å². The Labute approximate surface area is 101 Å². The molecule has 0 aromatic heterocycles. The van der Waals surface area contributed by atoms with Gasteiger partial charge < -0.3 is 9.84 Å². The molecule has 1 fully saturated rings. The topological polar surface area (TPSA) is 29.5 Å². The summed E-state index contributed by atoms with van der Waals surface area (Å²) < 4.78 is 5.39. The number of rotatable bonds is 3. The number of hydrogen-bond acceptors (Lipinski definition) is 2. The largest absolute Gasteiger partial charge is 0.496 e. The highest BCUT2D eigenvalue weighted by atomic mass is 16.5. The Bertz CT molecular complexity index is 556. The molecule has 1 saturated carbocycles. The minimum atomic E-state index is 0.00583. The molecule has 0 aliphatic heterocycles. The summed E-state index contributed by atoms with van der Waals surface area (Å²) in [5.41, 5.74) is 1.27. The smallest absolute Gasteiger partial charge is 0.126 e. The molecule has 0 spiro atoms. The molecule has 0 amide bonds. The Morgan fingerprint density at radius 2 is 1.82 bits per heavy atom. The van der Waals surface area contributed by atoms with Crippen LogP contribution in [0.2, 0.25) is 0 Å². The summed E-state index contributed by atoms with van der Waals surface area (Å²) in [4.78, 5) is 0. The van der Waals surface area contributed by atoms with Crippen molar-refractivity contribution in [2.45, 2.75) is 18.3 Å². The first-order chi connectivity index (χ1) is 8.30. The number of aliphatic hydroxyl groups is 1. The lowest BCUT2D eigenvalue weighted by molar-refractivity contribution is 0.255. The van der Waals surface area contributed by atoms with E-state index in [1.807, 2.05) is 18.2 Å². The fourth-order valence-electron chi connectivity index (χ4n) is 2.58.